The molecule has 1 aromatic rings. The third kappa shape index (κ3) is 3.58. The summed E-state index contributed by atoms with van der Waals surface area (Å²) in [5, 5.41) is 0. The Morgan fingerprint density at radius 3 is 2.48 bits per heavy atom. The Morgan fingerprint density at radius 2 is 1.83 bits per heavy atom. The maximum Gasteiger partial charge on any atom is 0.272 e. The van der Waals surface area contributed by atoms with Crippen LogP contribution in [0.2, 0.25) is 0 Å². The number of hydrogen-bond acceptors (Lipinski definition) is 6. The first kappa shape index (κ1) is 15.7. The van der Waals surface area contributed by atoms with E-state index in [4.69, 9.17) is 4.74 Å². The zero-order valence-electron chi connectivity index (χ0n) is 13.3. The van der Waals surface area contributed by atoms with Gasteiger partial charge in [0.25, 0.3) is 5.91 Å². The Kier molecular flexibility index (Phi) is 4.71. The molecule has 0 saturated carbocycles. The minimum atomic E-state index is -0.0772. The quantitative estimate of drug-likeness (QED) is 0.701. The van der Waals surface area contributed by atoms with E-state index in [2.05, 4.69) is 9.97 Å². The van der Waals surface area contributed by atoms with Gasteiger partial charge in [0.2, 0.25) is 12.4 Å². The van der Waals surface area contributed by atoms with Gasteiger partial charge in [0.1, 0.15) is 5.69 Å². The second-order valence-corrected chi connectivity index (χ2v) is 5.73. The van der Waals surface area contributed by atoms with Crippen molar-refractivity contribution in [1.29, 1.82) is 0 Å². The summed E-state index contributed by atoms with van der Waals surface area (Å²) < 4.78 is 5.28. The first-order valence-corrected chi connectivity index (χ1v) is 7.84. The molecule has 2 saturated heterocycles. The lowest BCUT2D eigenvalue weighted by atomic mass is 10.2. The van der Waals surface area contributed by atoms with Crippen LogP contribution in [0, 0.1) is 6.92 Å². The lowest BCUT2D eigenvalue weighted by Crippen LogP contribution is -2.46. The van der Waals surface area contributed by atoms with Gasteiger partial charge in [-0.25, -0.2) is 9.97 Å². The smallest absolute Gasteiger partial charge is 0.272 e. The van der Waals surface area contributed by atoms with Crippen molar-refractivity contribution in [3.63, 3.8) is 0 Å². The third-order valence-corrected chi connectivity index (χ3v) is 4.11. The zero-order chi connectivity index (χ0) is 16.2. The first-order valence-electron chi connectivity index (χ1n) is 7.84. The number of hydrogen-bond donors (Lipinski definition) is 0. The SMILES string of the molecule is Cc1cc(C(=O)N2CCOCC2)nc(N2CCN(C=O)CC2)n1. The normalized spacial score (nSPS) is 18.9. The summed E-state index contributed by atoms with van der Waals surface area (Å²) in [6.07, 6.45) is 0.863. The number of rotatable bonds is 3. The van der Waals surface area contributed by atoms with E-state index in [9.17, 15) is 9.59 Å². The van der Waals surface area contributed by atoms with Gasteiger partial charge in [-0.1, -0.05) is 0 Å². The Balaban J connectivity index is 1.76. The predicted octanol–water partition coefficient (Wildman–Crippen LogP) is -0.464. The number of nitrogens with zero attached hydrogens (tertiary/aromatic N) is 5. The van der Waals surface area contributed by atoms with Gasteiger partial charge in [0, 0.05) is 45.0 Å². The van der Waals surface area contributed by atoms with E-state index < -0.39 is 0 Å². The van der Waals surface area contributed by atoms with Crippen molar-refractivity contribution >= 4 is 18.3 Å². The van der Waals surface area contributed by atoms with Crippen molar-refractivity contribution < 1.29 is 14.3 Å². The molecule has 0 aromatic carbocycles. The summed E-state index contributed by atoms with van der Waals surface area (Å²) >= 11 is 0. The molecule has 2 amide bonds. The molecular formula is C15H21N5O3. The topological polar surface area (TPSA) is 78.9 Å². The molecule has 8 nitrogen and oxygen atoms in total. The van der Waals surface area contributed by atoms with E-state index in [-0.39, 0.29) is 5.91 Å². The predicted molar refractivity (Wildman–Crippen MR) is 83.3 cm³/mol. The van der Waals surface area contributed by atoms with Gasteiger partial charge >= 0.3 is 0 Å². The summed E-state index contributed by atoms with van der Waals surface area (Å²) in [7, 11) is 0. The average molecular weight is 319 g/mol. The van der Waals surface area contributed by atoms with Gasteiger partial charge < -0.3 is 19.4 Å². The van der Waals surface area contributed by atoms with Crippen LogP contribution in [0.25, 0.3) is 0 Å². The Labute approximate surface area is 135 Å². The fourth-order valence-corrected chi connectivity index (χ4v) is 2.76. The maximum absolute atomic E-state index is 12.6. The summed E-state index contributed by atoms with van der Waals surface area (Å²) in [4.78, 5) is 37.8. The van der Waals surface area contributed by atoms with E-state index >= 15 is 0 Å². The fraction of sp³-hybridized carbons (Fsp3) is 0.600. The number of anilines is 1. The van der Waals surface area contributed by atoms with Crippen molar-refractivity contribution in [2.45, 2.75) is 6.92 Å². The number of aryl methyl sites for hydroxylation is 1. The molecule has 23 heavy (non-hydrogen) atoms. The van der Waals surface area contributed by atoms with Crippen LogP contribution in [0.15, 0.2) is 6.07 Å². The third-order valence-electron chi connectivity index (χ3n) is 4.11. The lowest BCUT2D eigenvalue weighted by molar-refractivity contribution is -0.118. The molecule has 2 aliphatic heterocycles. The van der Waals surface area contributed by atoms with Crippen LogP contribution in [-0.4, -0.2) is 84.6 Å². The van der Waals surface area contributed by atoms with Gasteiger partial charge in [-0.3, -0.25) is 9.59 Å². The van der Waals surface area contributed by atoms with Crippen LogP contribution < -0.4 is 4.90 Å². The maximum atomic E-state index is 12.6. The number of carbonyl (C=O) groups is 2. The highest BCUT2D eigenvalue weighted by Crippen LogP contribution is 2.14. The number of piperazine rings is 1. The lowest BCUT2D eigenvalue weighted by Gasteiger charge is -2.33. The molecule has 0 atom stereocenters. The molecule has 0 unspecified atom stereocenters. The molecule has 8 heteroatoms. The second-order valence-electron chi connectivity index (χ2n) is 5.73. The largest absolute Gasteiger partial charge is 0.378 e. The van der Waals surface area contributed by atoms with E-state index in [0.717, 1.165) is 12.1 Å². The van der Waals surface area contributed by atoms with Crippen molar-refractivity contribution in [2.75, 3.05) is 57.4 Å². The van der Waals surface area contributed by atoms with Crippen LogP contribution in [0.4, 0.5) is 5.95 Å². The van der Waals surface area contributed by atoms with E-state index in [1.54, 1.807) is 15.9 Å². The summed E-state index contributed by atoms with van der Waals surface area (Å²) in [6.45, 7) is 6.82. The number of aromatic nitrogens is 2. The number of ether oxygens (including phenoxy) is 1. The molecule has 0 bridgehead atoms. The Hall–Kier alpha value is -2.22. The fourth-order valence-electron chi connectivity index (χ4n) is 2.76. The number of morpholine rings is 1. The second kappa shape index (κ2) is 6.91. The van der Waals surface area contributed by atoms with E-state index in [0.29, 0.717) is 64.1 Å². The van der Waals surface area contributed by atoms with Crippen molar-refractivity contribution in [2.24, 2.45) is 0 Å². The molecule has 2 aliphatic rings. The molecule has 0 N–H and O–H groups in total. The monoisotopic (exact) mass is 319 g/mol. The summed E-state index contributed by atoms with van der Waals surface area (Å²) in [5.74, 6) is 0.485. The molecule has 0 radical (unpaired) electrons. The molecule has 2 fully saturated rings. The van der Waals surface area contributed by atoms with Crippen molar-refractivity contribution in [3.8, 4) is 0 Å². The van der Waals surface area contributed by atoms with Crippen molar-refractivity contribution in [3.05, 3.63) is 17.5 Å². The Bertz CT molecular complexity index is 580. The molecular weight excluding hydrogens is 298 g/mol. The zero-order valence-corrected chi connectivity index (χ0v) is 13.3. The standard InChI is InChI=1S/C15H21N5O3/c1-12-10-13(14(22)19-6-8-23-9-7-19)17-15(16-12)20-4-2-18(11-21)3-5-20/h10-11H,2-9H2,1H3. The highest BCUT2D eigenvalue weighted by atomic mass is 16.5. The highest BCUT2D eigenvalue weighted by Gasteiger charge is 2.23. The van der Waals surface area contributed by atoms with Crippen LogP contribution in [-0.2, 0) is 9.53 Å². The van der Waals surface area contributed by atoms with Gasteiger partial charge in [0.15, 0.2) is 0 Å². The first-order chi connectivity index (χ1) is 11.2. The molecule has 3 rings (SSSR count). The van der Waals surface area contributed by atoms with Gasteiger partial charge in [-0.2, -0.15) is 0 Å². The van der Waals surface area contributed by atoms with Crippen LogP contribution in [0.3, 0.4) is 0 Å². The van der Waals surface area contributed by atoms with Gasteiger partial charge in [-0.05, 0) is 13.0 Å². The average Bonchev–Trinajstić information content (AvgIpc) is 2.61. The molecule has 0 spiro atoms. The molecule has 124 valence electrons. The molecule has 0 aliphatic carbocycles. The minimum Gasteiger partial charge on any atom is -0.378 e. The molecule has 1 aromatic heterocycles. The minimum absolute atomic E-state index is 0.0772. The Morgan fingerprint density at radius 1 is 1.13 bits per heavy atom. The number of carbonyl (C=O) groups excluding carboxylic acids is 2. The van der Waals surface area contributed by atoms with Crippen LogP contribution >= 0.6 is 0 Å². The van der Waals surface area contributed by atoms with Gasteiger partial charge in [-0.15, -0.1) is 0 Å². The van der Waals surface area contributed by atoms with Crippen LogP contribution in [0.5, 0.6) is 0 Å². The van der Waals surface area contributed by atoms with E-state index in [1.807, 2.05) is 11.8 Å². The van der Waals surface area contributed by atoms with Gasteiger partial charge in [0.05, 0.1) is 13.2 Å². The number of amides is 2. The van der Waals surface area contributed by atoms with Crippen molar-refractivity contribution in [1.82, 2.24) is 19.8 Å². The summed E-state index contributed by atoms with van der Waals surface area (Å²) in [5.41, 5.74) is 1.19. The molecule has 3 heterocycles. The summed E-state index contributed by atoms with van der Waals surface area (Å²) in [6, 6.07) is 1.73. The highest BCUT2D eigenvalue weighted by molar-refractivity contribution is 5.92. The van der Waals surface area contributed by atoms with E-state index in [1.165, 1.54) is 0 Å². The van der Waals surface area contributed by atoms with Crippen LogP contribution in [0.1, 0.15) is 16.2 Å².